The summed E-state index contributed by atoms with van der Waals surface area (Å²) < 4.78 is 4.70. The maximum absolute atomic E-state index is 12.2. The van der Waals surface area contributed by atoms with Gasteiger partial charge in [-0.1, -0.05) is 6.92 Å². The molecule has 1 saturated heterocycles. The number of thiophene rings is 1. The summed E-state index contributed by atoms with van der Waals surface area (Å²) in [5.41, 5.74) is 0.531. The molecule has 21 heavy (non-hydrogen) atoms. The van der Waals surface area contributed by atoms with E-state index in [1.165, 1.54) is 18.4 Å². The summed E-state index contributed by atoms with van der Waals surface area (Å²) >= 11 is 3.20. The second-order valence-corrected chi connectivity index (χ2v) is 7.39. The first kappa shape index (κ1) is 16.3. The van der Waals surface area contributed by atoms with E-state index < -0.39 is 5.97 Å². The minimum atomic E-state index is -0.420. The average molecular weight is 328 g/mol. The third-order valence-corrected chi connectivity index (χ3v) is 5.90. The van der Waals surface area contributed by atoms with E-state index >= 15 is 0 Å². The fourth-order valence-electron chi connectivity index (χ4n) is 2.25. The molecule has 5 nitrogen and oxygen atoms in total. The molecular weight excluding hydrogens is 308 g/mol. The largest absolute Gasteiger partial charge is 0.465 e. The van der Waals surface area contributed by atoms with E-state index in [-0.39, 0.29) is 5.91 Å². The summed E-state index contributed by atoms with van der Waals surface area (Å²) in [7, 11) is 1.34. The normalized spacial score (nSPS) is 22.8. The number of hydrogen-bond donors (Lipinski definition) is 1. The van der Waals surface area contributed by atoms with Gasteiger partial charge in [0.1, 0.15) is 4.88 Å². The van der Waals surface area contributed by atoms with Crippen LogP contribution in [0.25, 0.3) is 0 Å². The second kappa shape index (κ2) is 7.29. The lowest BCUT2D eigenvalue weighted by atomic mass is 10.2. The van der Waals surface area contributed by atoms with Crippen molar-refractivity contribution in [3.63, 3.8) is 0 Å². The molecule has 1 N–H and O–H groups in total. The summed E-state index contributed by atoms with van der Waals surface area (Å²) in [6.07, 6.45) is 0. The molecule has 1 amide bonds. The molecule has 0 saturated carbocycles. The molecule has 0 aromatic carbocycles. The number of carbonyl (C=O) groups is 2. The standard InChI is InChI=1S/C14H20N2O3S2/c1-9-10(2)20-7-5-16(9)8-12(17)15-11-4-6-21-13(11)14(18)19-3/h4,6,9-10H,5,7-8H2,1-3H3,(H,15,17). The molecule has 1 fully saturated rings. The van der Waals surface area contributed by atoms with E-state index in [4.69, 9.17) is 4.74 Å². The lowest BCUT2D eigenvalue weighted by Crippen LogP contribution is -2.47. The first-order valence-corrected chi connectivity index (χ1v) is 8.77. The number of methoxy groups -OCH3 is 1. The molecule has 2 atom stereocenters. The van der Waals surface area contributed by atoms with Gasteiger partial charge in [-0.3, -0.25) is 9.69 Å². The highest BCUT2D eigenvalue weighted by Gasteiger charge is 2.27. The van der Waals surface area contributed by atoms with Crippen LogP contribution in [-0.4, -0.2) is 54.0 Å². The molecule has 1 aromatic heterocycles. The average Bonchev–Trinajstić information content (AvgIpc) is 2.91. The minimum Gasteiger partial charge on any atom is -0.465 e. The van der Waals surface area contributed by atoms with Crippen molar-refractivity contribution >= 4 is 40.7 Å². The Morgan fingerprint density at radius 1 is 1.48 bits per heavy atom. The summed E-state index contributed by atoms with van der Waals surface area (Å²) in [6.45, 7) is 5.60. The third-order valence-electron chi connectivity index (χ3n) is 3.67. The Morgan fingerprint density at radius 3 is 2.95 bits per heavy atom. The Balaban J connectivity index is 1.96. The minimum absolute atomic E-state index is 0.0931. The van der Waals surface area contributed by atoms with Gasteiger partial charge in [-0.15, -0.1) is 11.3 Å². The summed E-state index contributed by atoms with van der Waals surface area (Å²) in [6, 6.07) is 2.10. The van der Waals surface area contributed by atoms with Crippen LogP contribution in [0.15, 0.2) is 11.4 Å². The zero-order chi connectivity index (χ0) is 15.4. The van der Waals surface area contributed by atoms with Gasteiger partial charge < -0.3 is 10.1 Å². The molecule has 7 heteroatoms. The van der Waals surface area contributed by atoms with Crippen molar-refractivity contribution in [2.75, 3.05) is 31.3 Å². The van der Waals surface area contributed by atoms with Gasteiger partial charge >= 0.3 is 5.97 Å². The van der Waals surface area contributed by atoms with E-state index in [0.717, 1.165) is 12.3 Å². The van der Waals surface area contributed by atoms with E-state index in [1.54, 1.807) is 11.4 Å². The molecule has 0 radical (unpaired) electrons. The lowest BCUT2D eigenvalue weighted by molar-refractivity contribution is -0.117. The predicted molar refractivity (Wildman–Crippen MR) is 87.2 cm³/mol. The molecule has 116 valence electrons. The number of amides is 1. The first-order valence-electron chi connectivity index (χ1n) is 6.84. The van der Waals surface area contributed by atoms with Gasteiger partial charge in [0.15, 0.2) is 0 Å². The summed E-state index contributed by atoms with van der Waals surface area (Å²) in [4.78, 5) is 26.4. The highest BCUT2D eigenvalue weighted by Crippen LogP contribution is 2.25. The summed E-state index contributed by atoms with van der Waals surface area (Å²) in [5, 5.41) is 5.10. The first-order chi connectivity index (χ1) is 10.0. The lowest BCUT2D eigenvalue weighted by Gasteiger charge is -2.36. The van der Waals surface area contributed by atoms with Crippen molar-refractivity contribution < 1.29 is 14.3 Å². The van der Waals surface area contributed by atoms with Gasteiger partial charge in [-0.25, -0.2) is 4.79 Å². The Morgan fingerprint density at radius 2 is 2.24 bits per heavy atom. The fourth-order valence-corrected chi connectivity index (χ4v) is 4.18. The van der Waals surface area contributed by atoms with Gasteiger partial charge in [-0.2, -0.15) is 11.8 Å². The zero-order valence-electron chi connectivity index (χ0n) is 12.4. The Labute approximate surface area is 133 Å². The van der Waals surface area contributed by atoms with Crippen LogP contribution in [-0.2, 0) is 9.53 Å². The maximum Gasteiger partial charge on any atom is 0.350 e. The Bertz CT molecular complexity index is 518. The number of nitrogens with one attached hydrogen (secondary N) is 1. The van der Waals surface area contributed by atoms with Crippen LogP contribution >= 0.6 is 23.1 Å². The van der Waals surface area contributed by atoms with Crippen molar-refractivity contribution in [2.24, 2.45) is 0 Å². The molecule has 0 bridgehead atoms. The van der Waals surface area contributed by atoms with E-state index in [0.29, 0.717) is 28.4 Å². The second-order valence-electron chi connectivity index (χ2n) is 4.99. The van der Waals surface area contributed by atoms with Crippen LogP contribution in [0.4, 0.5) is 5.69 Å². The molecule has 1 aliphatic rings. The van der Waals surface area contributed by atoms with Gasteiger partial charge in [0, 0.05) is 23.6 Å². The number of anilines is 1. The molecular formula is C14H20N2O3S2. The molecule has 1 aliphatic heterocycles. The predicted octanol–water partition coefficient (Wildman–Crippen LogP) is 2.30. The van der Waals surface area contributed by atoms with Gasteiger partial charge in [-0.05, 0) is 18.4 Å². The number of nitrogens with zero attached hydrogens (tertiary/aromatic N) is 1. The molecule has 2 rings (SSSR count). The molecule has 2 heterocycles. The van der Waals surface area contributed by atoms with Crippen LogP contribution in [0.2, 0.25) is 0 Å². The number of rotatable bonds is 4. The maximum atomic E-state index is 12.2. The van der Waals surface area contributed by atoms with Gasteiger partial charge in [0.05, 0.1) is 19.3 Å². The molecule has 1 aromatic rings. The van der Waals surface area contributed by atoms with Crippen LogP contribution in [0.3, 0.4) is 0 Å². The van der Waals surface area contributed by atoms with Crippen LogP contribution in [0.5, 0.6) is 0 Å². The monoisotopic (exact) mass is 328 g/mol. The highest BCUT2D eigenvalue weighted by molar-refractivity contribution is 8.00. The van der Waals surface area contributed by atoms with Crippen molar-refractivity contribution in [2.45, 2.75) is 25.1 Å². The van der Waals surface area contributed by atoms with E-state index in [9.17, 15) is 9.59 Å². The molecule has 0 spiro atoms. The van der Waals surface area contributed by atoms with Crippen molar-refractivity contribution in [1.29, 1.82) is 0 Å². The third kappa shape index (κ3) is 3.99. The smallest absolute Gasteiger partial charge is 0.350 e. The van der Waals surface area contributed by atoms with Crippen molar-refractivity contribution in [3.05, 3.63) is 16.3 Å². The van der Waals surface area contributed by atoms with Crippen LogP contribution < -0.4 is 5.32 Å². The van der Waals surface area contributed by atoms with Gasteiger partial charge in [0.2, 0.25) is 5.91 Å². The Hall–Kier alpha value is -1.05. The Kier molecular flexibility index (Phi) is 5.66. The van der Waals surface area contributed by atoms with E-state index in [1.807, 2.05) is 11.8 Å². The summed E-state index contributed by atoms with van der Waals surface area (Å²) in [5.74, 6) is 0.533. The van der Waals surface area contributed by atoms with E-state index in [2.05, 4.69) is 24.1 Å². The van der Waals surface area contributed by atoms with Crippen LogP contribution in [0.1, 0.15) is 23.5 Å². The number of ether oxygens (including phenoxy) is 1. The number of esters is 1. The molecule has 2 unspecified atom stereocenters. The highest BCUT2D eigenvalue weighted by atomic mass is 32.2. The quantitative estimate of drug-likeness (QED) is 0.860. The SMILES string of the molecule is COC(=O)c1sccc1NC(=O)CN1CCSC(C)C1C. The van der Waals surface area contributed by atoms with Crippen molar-refractivity contribution in [1.82, 2.24) is 4.90 Å². The fraction of sp³-hybridized carbons (Fsp3) is 0.571. The number of thioether (sulfide) groups is 1. The number of carbonyl (C=O) groups excluding carboxylic acids is 2. The van der Waals surface area contributed by atoms with Crippen LogP contribution in [0, 0.1) is 0 Å². The zero-order valence-corrected chi connectivity index (χ0v) is 14.1. The van der Waals surface area contributed by atoms with Crippen molar-refractivity contribution in [3.8, 4) is 0 Å². The number of hydrogen-bond acceptors (Lipinski definition) is 6. The van der Waals surface area contributed by atoms with Gasteiger partial charge in [0.25, 0.3) is 0 Å². The topological polar surface area (TPSA) is 58.6 Å². The molecule has 0 aliphatic carbocycles.